The minimum Gasteiger partial charge on any atom is -0.478 e. The second-order valence-corrected chi connectivity index (χ2v) is 22.2. The van der Waals surface area contributed by atoms with Crippen LogP contribution in [0.15, 0.2) is 36.4 Å². The largest absolute Gasteiger partial charge is 0.478 e. The molecule has 1 amide bonds. The van der Waals surface area contributed by atoms with Gasteiger partial charge in [0, 0.05) is 19.6 Å². The van der Waals surface area contributed by atoms with E-state index in [2.05, 4.69) is 64.4 Å². The maximum absolute atomic E-state index is 14.5. The van der Waals surface area contributed by atoms with Gasteiger partial charge in [-0.1, -0.05) is 58.9 Å². The SMILES string of the molecule is C=C(C)[C@@H]1CC[C@]2(C(=O)NCCCN3CCS(=O)(=O)CC3)CC[C@]3(C)[C@H](CC[C@@H]4[C@@]5(C)CC=C(c6ccc(C(=O)O)c(C(=O)O)c6)C(C)(C)[C@@H]5CC[C@]43C)[C@@H]12. The van der Waals surface area contributed by atoms with Crippen LogP contribution >= 0.6 is 0 Å². The number of allylic oxidation sites excluding steroid dienone is 3. The smallest absolute Gasteiger partial charge is 0.336 e. The normalized spacial score (nSPS) is 39.0. The van der Waals surface area contributed by atoms with Crippen molar-refractivity contribution in [1.29, 1.82) is 0 Å². The summed E-state index contributed by atoms with van der Waals surface area (Å²) in [6, 6.07) is 4.80. The Morgan fingerprint density at radius 2 is 1.56 bits per heavy atom. The third-order valence-electron chi connectivity index (χ3n) is 17.3. The van der Waals surface area contributed by atoms with Gasteiger partial charge in [-0.05, 0) is 152 Å². The van der Waals surface area contributed by atoms with E-state index in [0.717, 1.165) is 81.9 Å². The van der Waals surface area contributed by atoms with Gasteiger partial charge in [0.1, 0.15) is 0 Å². The van der Waals surface area contributed by atoms with Crippen molar-refractivity contribution >= 4 is 33.3 Å². The van der Waals surface area contributed by atoms with Crippen molar-refractivity contribution in [2.75, 3.05) is 37.7 Å². The Morgan fingerprint density at radius 3 is 2.22 bits per heavy atom. The molecule has 0 aromatic heterocycles. The van der Waals surface area contributed by atoms with E-state index in [-0.39, 0.29) is 61.5 Å². The number of aromatic carboxylic acids is 2. The van der Waals surface area contributed by atoms with Crippen LogP contribution in [0.3, 0.4) is 0 Å². The Labute approximate surface area is 328 Å². The van der Waals surface area contributed by atoms with Crippen molar-refractivity contribution in [3.63, 3.8) is 0 Å². The lowest BCUT2D eigenvalue weighted by Gasteiger charge is -2.72. The molecule has 1 saturated heterocycles. The molecule has 1 aromatic rings. The van der Waals surface area contributed by atoms with E-state index in [9.17, 15) is 33.0 Å². The van der Waals surface area contributed by atoms with E-state index in [0.29, 0.717) is 43.3 Å². The highest BCUT2D eigenvalue weighted by atomic mass is 32.2. The summed E-state index contributed by atoms with van der Waals surface area (Å²) >= 11 is 0. The van der Waals surface area contributed by atoms with Gasteiger partial charge in [-0.3, -0.25) is 4.79 Å². The molecule has 302 valence electrons. The third-order valence-corrected chi connectivity index (χ3v) is 18.9. The van der Waals surface area contributed by atoms with Crippen LogP contribution in [-0.2, 0) is 14.6 Å². The molecule has 7 rings (SSSR count). The molecule has 1 heterocycles. The van der Waals surface area contributed by atoms with Crippen LogP contribution in [0.4, 0.5) is 0 Å². The number of benzene rings is 1. The Bertz CT molecular complexity index is 1910. The second-order valence-electron chi connectivity index (χ2n) is 19.9. The van der Waals surface area contributed by atoms with E-state index >= 15 is 0 Å². The first kappa shape index (κ1) is 40.2. The van der Waals surface area contributed by atoms with Crippen molar-refractivity contribution in [3.05, 3.63) is 53.1 Å². The Hall–Kier alpha value is -2.98. The molecule has 10 heteroatoms. The monoisotopic (exact) mass is 776 g/mol. The first-order valence-electron chi connectivity index (χ1n) is 20.9. The molecule has 1 aromatic carbocycles. The molecule has 5 aliphatic carbocycles. The summed E-state index contributed by atoms with van der Waals surface area (Å²) in [7, 11) is -2.91. The molecule has 0 bridgehead atoms. The van der Waals surface area contributed by atoms with Gasteiger partial charge in [-0.15, -0.1) is 0 Å². The number of carbonyl (C=O) groups excluding carboxylic acids is 1. The van der Waals surface area contributed by atoms with Gasteiger partial charge in [0.2, 0.25) is 5.91 Å². The van der Waals surface area contributed by atoms with E-state index in [1.807, 2.05) is 0 Å². The molecule has 6 aliphatic rings. The van der Waals surface area contributed by atoms with Crippen molar-refractivity contribution in [2.24, 2.45) is 56.7 Å². The summed E-state index contributed by atoms with van der Waals surface area (Å²) in [5.74, 6) is 0.118. The van der Waals surface area contributed by atoms with Crippen molar-refractivity contribution in [3.8, 4) is 0 Å². The Morgan fingerprint density at radius 1 is 0.873 bits per heavy atom. The van der Waals surface area contributed by atoms with Crippen LogP contribution in [0.2, 0.25) is 0 Å². The number of nitrogens with zero attached hydrogens (tertiary/aromatic N) is 1. The summed E-state index contributed by atoms with van der Waals surface area (Å²) in [4.78, 5) is 40.7. The number of carbonyl (C=O) groups is 3. The molecular formula is C45H64N2O7S. The zero-order valence-corrected chi connectivity index (χ0v) is 34.8. The summed E-state index contributed by atoms with van der Waals surface area (Å²) < 4.78 is 23.8. The standard InChI is InChI=1S/C45H64N2O7S/c1-28(2)30-13-18-45(40(52)46-21-8-22-47-23-25-55(53,54)26-24-47)20-19-43(6)34(37(30)45)11-12-36-42(5)16-14-33(41(3,4)35(42)15-17-44(36,43)7)29-9-10-31(38(48)49)32(27-29)39(50)51/h9-10,14,27,30,34-37H,1,8,11-13,15-26H2,2-7H3,(H,46,52)(H,48,49)(H,50,51)/t30-,34+,35-,36+,37+,42-,43+,44+,45-/m0/s1. The van der Waals surface area contributed by atoms with E-state index in [1.54, 1.807) is 12.1 Å². The number of amides is 1. The predicted octanol–water partition coefficient (Wildman–Crippen LogP) is 7.97. The summed E-state index contributed by atoms with van der Waals surface area (Å²) in [5.41, 5.74) is 2.35. The fourth-order valence-electron chi connectivity index (χ4n) is 14.4. The highest BCUT2D eigenvalue weighted by Gasteiger charge is 2.71. The maximum atomic E-state index is 14.5. The molecule has 0 unspecified atom stereocenters. The second kappa shape index (κ2) is 13.8. The molecule has 0 spiro atoms. The van der Waals surface area contributed by atoms with Gasteiger partial charge in [0.05, 0.1) is 28.0 Å². The molecule has 3 N–H and O–H groups in total. The predicted molar refractivity (Wildman–Crippen MR) is 215 cm³/mol. The van der Waals surface area contributed by atoms with Crippen molar-refractivity contribution in [2.45, 2.75) is 106 Å². The summed E-state index contributed by atoms with van der Waals surface area (Å²) in [6.45, 7) is 21.5. The molecule has 9 atom stereocenters. The lowest BCUT2D eigenvalue weighted by Crippen LogP contribution is -2.66. The first-order chi connectivity index (χ1) is 25.7. The highest BCUT2D eigenvalue weighted by Crippen LogP contribution is 2.77. The molecular weight excluding hydrogens is 713 g/mol. The van der Waals surface area contributed by atoms with Gasteiger partial charge in [0.25, 0.3) is 0 Å². The number of carboxylic acid groups (broad SMARTS) is 2. The van der Waals surface area contributed by atoms with Crippen LogP contribution in [0, 0.1) is 56.7 Å². The molecule has 4 saturated carbocycles. The van der Waals surface area contributed by atoms with Crippen molar-refractivity contribution in [1.82, 2.24) is 10.2 Å². The number of hydrogen-bond donors (Lipinski definition) is 3. The topological polar surface area (TPSA) is 141 Å². The van der Waals surface area contributed by atoms with Gasteiger partial charge in [-0.25, -0.2) is 18.0 Å². The summed E-state index contributed by atoms with van der Waals surface area (Å²) in [5, 5.41) is 23.0. The average Bonchev–Trinajstić information content (AvgIpc) is 3.52. The highest BCUT2D eigenvalue weighted by molar-refractivity contribution is 7.91. The molecule has 0 radical (unpaired) electrons. The van der Waals surface area contributed by atoms with Crippen LogP contribution in [0.25, 0.3) is 5.57 Å². The molecule has 5 fully saturated rings. The van der Waals surface area contributed by atoms with E-state index < -0.39 is 21.8 Å². The molecule has 9 nitrogen and oxygen atoms in total. The first-order valence-corrected chi connectivity index (χ1v) is 22.7. The fourth-order valence-corrected chi connectivity index (χ4v) is 15.6. The Balaban J connectivity index is 1.13. The van der Waals surface area contributed by atoms with Crippen LogP contribution in [0.1, 0.15) is 132 Å². The van der Waals surface area contributed by atoms with Crippen molar-refractivity contribution < 1.29 is 33.0 Å². The van der Waals surface area contributed by atoms with E-state index in [1.165, 1.54) is 11.6 Å². The van der Waals surface area contributed by atoms with Gasteiger partial charge in [-0.2, -0.15) is 0 Å². The van der Waals surface area contributed by atoms with E-state index in [4.69, 9.17) is 0 Å². The zero-order valence-electron chi connectivity index (χ0n) is 34.0. The fraction of sp³-hybridized carbons (Fsp3) is 0.711. The minimum absolute atomic E-state index is 0.0402. The minimum atomic E-state index is -2.91. The lowest BCUT2D eigenvalue weighted by molar-refractivity contribution is -0.225. The van der Waals surface area contributed by atoms with Gasteiger partial charge in [0.15, 0.2) is 9.84 Å². The summed E-state index contributed by atoms with van der Waals surface area (Å²) in [6.07, 6.45) is 12.3. The quantitative estimate of drug-likeness (QED) is 0.170. The van der Waals surface area contributed by atoms with Crippen LogP contribution < -0.4 is 5.32 Å². The molecule has 55 heavy (non-hydrogen) atoms. The number of nitrogens with one attached hydrogen (secondary N) is 1. The van der Waals surface area contributed by atoms with Crippen LogP contribution in [-0.4, -0.2) is 79.1 Å². The molecule has 1 aliphatic heterocycles. The van der Waals surface area contributed by atoms with Crippen LogP contribution in [0.5, 0.6) is 0 Å². The van der Waals surface area contributed by atoms with Gasteiger partial charge < -0.3 is 20.4 Å². The van der Waals surface area contributed by atoms with Gasteiger partial charge >= 0.3 is 11.9 Å². The average molecular weight is 777 g/mol. The lowest BCUT2D eigenvalue weighted by atomic mass is 9.32. The zero-order chi connectivity index (χ0) is 39.9. The Kier molecular flexibility index (Phi) is 10.1. The third kappa shape index (κ3) is 6.25. The number of fused-ring (bicyclic) bond motifs is 7. The maximum Gasteiger partial charge on any atom is 0.336 e. The number of hydrogen-bond acceptors (Lipinski definition) is 6. The number of carboxylic acids is 2. The number of sulfone groups is 1. The number of rotatable bonds is 9.